The first-order valence-corrected chi connectivity index (χ1v) is 9.14. The third-order valence-corrected chi connectivity index (χ3v) is 5.04. The van der Waals surface area contributed by atoms with Crippen LogP contribution in [0.15, 0.2) is 35.9 Å². The maximum atomic E-state index is 12.7. The van der Waals surface area contributed by atoms with Gasteiger partial charge in [0.05, 0.1) is 0 Å². The van der Waals surface area contributed by atoms with E-state index in [-0.39, 0.29) is 24.2 Å². The molecular weight excluding hydrogens is 350 g/mol. The first-order chi connectivity index (χ1) is 12.1. The Balaban J connectivity index is 0.00000243. The molecule has 2 aliphatic rings. The number of hydrogen-bond donors (Lipinski definition) is 2. The van der Waals surface area contributed by atoms with Crippen LogP contribution in [0.4, 0.5) is 5.69 Å². The quantitative estimate of drug-likeness (QED) is 0.612. The first kappa shape index (κ1) is 20.5. The van der Waals surface area contributed by atoms with Crippen molar-refractivity contribution in [3.05, 3.63) is 41.5 Å². The number of hydrogen-bond acceptors (Lipinski definition) is 3. The molecule has 2 amide bonds. The molecule has 2 heterocycles. The van der Waals surface area contributed by atoms with E-state index in [0.29, 0.717) is 25.4 Å². The summed E-state index contributed by atoms with van der Waals surface area (Å²) >= 11 is 0. The van der Waals surface area contributed by atoms with Crippen LogP contribution in [0, 0.1) is 5.92 Å². The van der Waals surface area contributed by atoms with Crippen molar-refractivity contribution in [1.29, 1.82) is 0 Å². The summed E-state index contributed by atoms with van der Waals surface area (Å²) in [4.78, 5) is 26.8. The number of carbonyl (C=O) groups is 2. The van der Waals surface area contributed by atoms with Gasteiger partial charge >= 0.3 is 0 Å². The Morgan fingerprint density at radius 2 is 2.04 bits per heavy atom. The SMILES string of the molecule is CC(C)c1ccc(N2CCC(C(=O)NCC3=CCNCC3)C2=O)cc1.Cl. The molecule has 5 nitrogen and oxygen atoms in total. The van der Waals surface area contributed by atoms with Gasteiger partial charge in [-0.1, -0.05) is 37.6 Å². The van der Waals surface area contributed by atoms with Crippen LogP contribution in [0.2, 0.25) is 0 Å². The molecule has 1 atom stereocenters. The zero-order valence-electron chi connectivity index (χ0n) is 15.5. The van der Waals surface area contributed by atoms with E-state index in [0.717, 1.165) is 25.2 Å². The van der Waals surface area contributed by atoms with Crippen molar-refractivity contribution >= 4 is 29.9 Å². The monoisotopic (exact) mass is 377 g/mol. The third kappa shape index (κ3) is 4.65. The lowest BCUT2D eigenvalue weighted by Gasteiger charge is -2.18. The minimum Gasteiger partial charge on any atom is -0.352 e. The van der Waals surface area contributed by atoms with Gasteiger partial charge in [0.25, 0.3) is 0 Å². The Bertz CT molecular complexity index is 670. The average Bonchev–Trinajstić information content (AvgIpc) is 3.02. The number of nitrogens with one attached hydrogen (secondary N) is 2. The number of halogens is 1. The molecule has 3 rings (SSSR count). The Morgan fingerprint density at radius 1 is 1.31 bits per heavy atom. The predicted molar refractivity (Wildman–Crippen MR) is 107 cm³/mol. The number of rotatable bonds is 5. The van der Waals surface area contributed by atoms with Gasteiger partial charge in [0.1, 0.15) is 5.92 Å². The van der Waals surface area contributed by atoms with E-state index in [1.807, 2.05) is 12.1 Å². The minimum atomic E-state index is -0.563. The average molecular weight is 378 g/mol. The molecule has 2 aliphatic heterocycles. The van der Waals surface area contributed by atoms with Gasteiger partial charge in [-0.2, -0.15) is 0 Å². The van der Waals surface area contributed by atoms with Crippen LogP contribution in [-0.2, 0) is 9.59 Å². The van der Waals surface area contributed by atoms with Crippen LogP contribution in [0.5, 0.6) is 0 Å². The molecule has 1 saturated heterocycles. The maximum Gasteiger partial charge on any atom is 0.239 e. The lowest BCUT2D eigenvalue weighted by Crippen LogP contribution is -2.38. The third-order valence-electron chi connectivity index (χ3n) is 5.04. The largest absolute Gasteiger partial charge is 0.352 e. The number of nitrogens with zero attached hydrogens (tertiary/aromatic N) is 1. The number of anilines is 1. The summed E-state index contributed by atoms with van der Waals surface area (Å²) in [5.74, 6) is -0.335. The van der Waals surface area contributed by atoms with E-state index < -0.39 is 5.92 Å². The summed E-state index contributed by atoms with van der Waals surface area (Å²) in [6.07, 6.45) is 3.65. The van der Waals surface area contributed by atoms with E-state index in [9.17, 15) is 9.59 Å². The van der Waals surface area contributed by atoms with Gasteiger partial charge in [0.2, 0.25) is 11.8 Å². The molecule has 0 aromatic heterocycles. The lowest BCUT2D eigenvalue weighted by molar-refractivity contribution is -0.132. The van der Waals surface area contributed by atoms with E-state index >= 15 is 0 Å². The van der Waals surface area contributed by atoms with Gasteiger partial charge in [-0.25, -0.2) is 0 Å². The van der Waals surface area contributed by atoms with Crippen LogP contribution in [0.3, 0.4) is 0 Å². The highest BCUT2D eigenvalue weighted by Crippen LogP contribution is 2.27. The number of benzene rings is 1. The van der Waals surface area contributed by atoms with Crippen LogP contribution in [0.25, 0.3) is 0 Å². The summed E-state index contributed by atoms with van der Waals surface area (Å²) in [7, 11) is 0. The number of amides is 2. The van der Waals surface area contributed by atoms with Crippen LogP contribution < -0.4 is 15.5 Å². The number of carbonyl (C=O) groups excluding carboxylic acids is 2. The summed E-state index contributed by atoms with van der Waals surface area (Å²) in [5.41, 5.74) is 3.37. The fourth-order valence-electron chi connectivity index (χ4n) is 3.37. The van der Waals surface area contributed by atoms with Gasteiger partial charge < -0.3 is 15.5 Å². The van der Waals surface area contributed by atoms with Gasteiger partial charge in [-0.3, -0.25) is 9.59 Å². The van der Waals surface area contributed by atoms with E-state index in [4.69, 9.17) is 0 Å². The van der Waals surface area contributed by atoms with Crippen LogP contribution >= 0.6 is 12.4 Å². The van der Waals surface area contributed by atoms with Gasteiger partial charge in [-0.15, -0.1) is 12.4 Å². The summed E-state index contributed by atoms with van der Waals surface area (Å²) in [5, 5.41) is 6.19. The zero-order chi connectivity index (χ0) is 17.8. The molecule has 0 saturated carbocycles. The van der Waals surface area contributed by atoms with Crippen molar-refractivity contribution in [3.8, 4) is 0 Å². The zero-order valence-corrected chi connectivity index (χ0v) is 16.3. The highest BCUT2D eigenvalue weighted by Gasteiger charge is 2.37. The molecular formula is C20H28ClN3O2. The van der Waals surface area contributed by atoms with Crippen molar-refractivity contribution < 1.29 is 9.59 Å². The molecule has 1 unspecified atom stereocenters. The fourth-order valence-corrected chi connectivity index (χ4v) is 3.37. The molecule has 1 aromatic rings. The van der Waals surface area contributed by atoms with Crippen molar-refractivity contribution in [3.63, 3.8) is 0 Å². The maximum absolute atomic E-state index is 12.7. The van der Waals surface area contributed by atoms with Crippen LogP contribution in [-0.4, -0.2) is 38.0 Å². The molecule has 0 aliphatic carbocycles. The Hall–Kier alpha value is -1.85. The molecule has 26 heavy (non-hydrogen) atoms. The molecule has 6 heteroatoms. The van der Waals surface area contributed by atoms with E-state index in [1.165, 1.54) is 11.1 Å². The summed E-state index contributed by atoms with van der Waals surface area (Å²) in [6, 6.07) is 8.08. The first-order valence-electron chi connectivity index (χ1n) is 9.14. The summed E-state index contributed by atoms with van der Waals surface area (Å²) < 4.78 is 0. The molecule has 142 valence electrons. The van der Waals surface area contributed by atoms with E-state index in [1.54, 1.807) is 4.90 Å². The van der Waals surface area contributed by atoms with Gasteiger partial charge in [-0.05, 0) is 43.0 Å². The standard InChI is InChI=1S/C20H27N3O2.ClH/c1-14(2)16-3-5-17(6-4-16)23-12-9-18(20(23)25)19(24)22-13-15-7-10-21-11-8-15;/h3-7,14,18,21H,8-13H2,1-2H3,(H,22,24);1H. The summed E-state index contributed by atoms with van der Waals surface area (Å²) in [6.45, 7) is 7.25. The molecule has 1 fully saturated rings. The highest BCUT2D eigenvalue weighted by molar-refractivity contribution is 6.09. The van der Waals surface area contributed by atoms with Crippen molar-refractivity contribution in [2.75, 3.05) is 31.1 Å². The van der Waals surface area contributed by atoms with Gasteiger partial charge in [0, 0.05) is 25.3 Å². The van der Waals surface area contributed by atoms with Crippen molar-refractivity contribution in [2.24, 2.45) is 5.92 Å². The molecule has 2 N–H and O–H groups in total. The minimum absolute atomic E-state index is 0. The van der Waals surface area contributed by atoms with Crippen molar-refractivity contribution in [1.82, 2.24) is 10.6 Å². The lowest BCUT2D eigenvalue weighted by atomic mass is 10.0. The second-order valence-electron chi connectivity index (χ2n) is 7.11. The molecule has 0 radical (unpaired) electrons. The second-order valence-corrected chi connectivity index (χ2v) is 7.11. The van der Waals surface area contributed by atoms with Gasteiger partial charge in [0.15, 0.2) is 0 Å². The highest BCUT2D eigenvalue weighted by atomic mass is 35.5. The Kier molecular flexibility index (Phi) is 7.23. The molecule has 1 aromatic carbocycles. The Morgan fingerprint density at radius 3 is 2.65 bits per heavy atom. The molecule has 0 bridgehead atoms. The normalized spacial score (nSPS) is 20.0. The smallest absolute Gasteiger partial charge is 0.239 e. The Labute approximate surface area is 161 Å². The van der Waals surface area contributed by atoms with Crippen molar-refractivity contribution in [2.45, 2.75) is 32.6 Å². The van der Waals surface area contributed by atoms with E-state index in [2.05, 4.69) is 42.7 Å². The molecule has 0 spiro atoms. The second kappa shape index (κ2) is 9.19. The fraction of sp³-hybridized carbons (Fsp3) is 0.500. The van der Waals surface area contributed by atoms with Crippen LogP contribution in [0.1, 0.15) is 38.2 Å². The predicted octanol–water partition coefficient (Wildman–Crippen LogP) is 2.62. The topological polar surface area (TPSA) is 61.4 Å².